The monoisotopic (exact) mass is 291 g/mol. The highest BCUT2D eigenvalue weighted by atomic mass is 32.1. The minimum atomic E-state index is 0.779. The average molecular weight is 291 g/mol. The second kappa shape index (κ2) is 5.28. The minimum absolute atomic E-state index is 0.779. The molecule has 3 rings (SSSR count). The third-order valence-electron chi connectivity index (χ3n) is 3.51. The van der Waals surface area contributed by atoms with Crippen molar-refractivity contribution in [3.8, 4) is 11.5 Å². The number of methoxy groups -OCH3 is 2. The van der Waals surface area contributed by atoms with Crippen molar-refractivity contribution in [2.24, 2.45) is 0 Å². The number of rotatable bonds is 3. The van der Waals surface area contributed by atoms with Gasteiger partial charge in [-0.15, -0.1) is 0 Å². The zero-order chi connectivity index (χ0) is 14.1. The molecule has 0 saturated carbocycles. The average Bonchev–Trinajstić information content (AvgIpc) is 2.91. The first-order valence-corrected chi connectivity index (χ1v) is 7.27. The van der Waals surface area contributed by atoms with E-state index in [4.69, 9.17) is 9.47 Å². The highest BCUT2D eigenvalue weighted by Crippen LogP contribution is 2.34. The maximum absolute atomic E-state index is 5.38. The van der Waals surface area contributed by atoms with E-state index in [2.05, 4.69) is 26.4 Å². The fourth-order valence-electron chi connectivity index (χ4n) is 2.46. The topological polar surface area (TPSA) is 47.5 Å². The lowest BCUT2D eigenvalue weighted by molar-refractivity contribution is 0.353. The van der Waals surface area contributed by atoms with Gasteiger partial charge in [0.05, 0.1) is 14.2 Å². The van der Waals surface area contributed by atoms with Crippen molar-refractivity contribution in [2.75, 3.05) is 25.7 Å². The number of benzene rings is 1. The van der Waals surface area contributed by atoms with Crippen molar-refractivity contribution in [2.45, 2.75) is 19.9 Å². The van der Waals surface area contributed by atoms with Gasteiger partial charge in [0, 0.05) is 24.6 Å². The normalized spacial score (nSPS) is 14.1. The van der Waals surface area contributed by atoms with E-state index in [0.717, 1.165) is 42.0 Å². The molecule has 0 aliphatic carbocycles. The van der Waals surface area contributed by atoms with Crippen LogP contribution in [0.1, 0.15) is 17.0 Å². The van der Waals surface area contributed by atoms with Gasteiger partial charge < -0.3 is 14.4 Å². The van der Waals surface area contributed by atoms with Gasteiger partial charge in [-0.25, -0.2) is 4.98 Å². The lowest BCUT2D eigenvalue weighted by atomic mass is 9.99. The first-order chi connectivity index (χ1) is 9.71. The largest absolute Gasteiger partial charge is 0.493 e. The van der Waals surface area contributed by atoms with Gasteiger partial charge in [-0.2, -0.15) is 4.37 Å². The van der Waals surface area contributed by atoms with E-state index in [1.165, 1.54) is 22.7 Å². The number of hydrogen-bond donors (Lipinski definition) is 0. The van der Waals surface area contributed by atoms with Crippen LogP contribution in [0.25, 0.3) is 0 Å². The van der Waals surface area contributed by atoms with E-state index in [-0.39, 0.29) is 0 Å². The van der Waals surface area contributed by atoms with Crippen molar-refractivity contribution >= 4 is 16.7 Å². The van der Waals surface area contributed by atoms with Crippen LogP contribution < -0.4 is 14.4 Å². The van der Waals surface area contributed by atoms with Gasteiger partial charge >= 0.3 is 0 Å². The highest BCUT2D eigenvalue weighted by Gasteiger charge is 2.21. The summed E-state index contributed by atoms with van der Waals surface area (Å²) < 4.78 is 15.0. The molecular formula is C14H17N3O2S. The quantitative estimate of drug-likeness (QED) is 0.869. The summed E-state index contributed by atoms with van der Waals surface area (Å²) in [5, 5.41) is 0.989. The fraction of sp³-hybridized carbons (Fsp3) is 0.429. The maximum Gasteiger partial charge on any atom is 0.205 e. The summed E-state index contributed by atoms with van der Waals surface area (Å²) in [5.74, 6) is 2.41. The molecule has 0 atom stereocenters. The SMILES string of the molecule is COc1cc2c(cc1OC)CN(c1nc(C)ns1)CC2. The van der Waals surface area contributed by atoms with Crippen LogP contribution in [0.2, 0.25) is 0 Å². The molecule has 0 N–H and O–H groups in total. The van der Waals surface area contributed by atoms with Crippen molar-refractivity contribution in [3.63, 3.8) is 0 Å². The summed E-state index contributed by atoms with van der Waals surface area (Å²) in [6, 6.07) is 4.14. The summed E-state index contributed by atoms with van der Waals surface area (Å²) in [6.07, 6.45) is 0.980. The molecule has 0 spiro atoms. The van der Waals surface area contributed by atoms with E-state index in [1.54, 1.807) is 14.2 Å². The van der Waals surface area contributed by atoms with Gasteiger partial charge in [-0.1, -0.05) is 0 Å². The molecule has 6 heteroatoms. The van der Waals surface area contributed by atoms with Gasteiger partial charge in [0.15, 0.2) is 11.5 Å². The molecule has 5 nitrogen and oxygen atoms in total. The molecule has 0 unspecified atom stereocenters. The summed E-state index contributed by atoms with van der Waals surface area (Å²) in [7, 11) is 3.34. The molecule has 0 saturated heterocycles. The smallest absolute Gasteiger partial charge is 0.205 e. The molecule has 0 bridgehead atoms. The molecule has 0 fully saturated rings. The second-order valence-electron chi connectivity index (χ2n) is 4.77. The van der Waals surface area contributed by atoms with Crippen LogP contribution in [-0.2, 0) is 13.0 Å². The first kappa shape index (κ1) is 13.2. The van der Waals surface area contributed by atoms with Crippen molar-refractivity contribution in [1.82, 2.24) is 9.36 Å². The van der Waals surface area contributed by atoms with Crippen LogP contribution in [-0.4, -0.2) is 30.1 Å². The summed E-state index contributed by atoms with van der Waals surface area (Å²) >= 11 is 1.46. The predicted octanol–water partition coefficient (Wildman–Crippen LogP) is 2.43. The van der Waals surface area contributed by atoms with Crippen LogP contribution >= 0.6 is 11.5 Å². The van der Waals surface area contributed by atoms with Gasteiger partial charge in [0.1, 0.15) is 5.82 Å². The lowest BCUT2D eigenvalue weighted by Gasteiger charge is -2.28. The van der Waals surface area contributed by atoms with Gasteiger partial charge in [0.2, 0.25) is 5.13 Å². The van der Waals surface area contributed by atoms with Crippen LogP contribution in [0.3, 0.4) is 0 Å². The van der Waals surface area contributed by atoms with E-state index in [9.17, 15) is 0 Å². The summed E-state index contributed by atoms with van der Waals surface area (Å²) in [4.78, 5) is 6.72. The van der Waals surface area contributed by atoms with Gasteiger partial charge in [-0.05, 0) is 36.6 Å². The Labute approximate surface area is 122 Å². The zero-order valence-corrected chi connectivity index (χ0v) is 12.7. The number of fused-ring (bicyclic) bond motifs is 1. The Bertz CT molecular complexity index is 627. The Morgan fingerprint density at radius 1 is 1.15 bits per heavy atom. The Morgan fingerprint density at radius 3 is 2.45 bits per heavy atom. The molecule has 0 radical (unpaired) electrons. The maximum atomic E-state index is 5.38. The second-order valence-corrected chi connectivity index (χ2v) is 5.50. The molecule has 1 aliphatic heterocycles. The summed E-state index contributed by atoms with van der Waals surface area (Å²) in [6.45, 7) is 3.72. The van der Waals surface area contributed by atoms with Crippen molar-refractivity contribution in [1.29, 1.82) is 0 Å². The van der Waals surface area contributed by atoms with Crippen LogP contribution in [0.4, 0.5) is 5.13 Å². The van der Waals surface area contributed by atoms with E-state index < -0.39 is 0 Å². The van der Waals surface area contributed by atoms with Crippen LogP contribution in [0, 0.1) is 6.92 Å². The molecule has 1 aromatic heterocycles. The number of nitrogens with zero attached hydrogens (tertiary/aromatic N) is 3. The third-order valence-corrected chi connectivity index (χ3v) is 4.37. The highest BCUT2D eigenvalue weighted by molar-refractivity contribution is 7.09. The molecule has 1 aromatic carbocycles. The Balaban J connectivity index is 1.90. The molecular weight excluding hydrogens is 274 g/mol. The molecule has 1 aliphatic rings. The van der Waals surface area contributed by atoms with Crippen molar-refractivity contribution in [3.05, 3.63) is 29.1 Å². The van der Waals surface area contributed by atoms with E-state index in [1.807, 2.05) is 6.92 Å². The third kappa shape index (κ3) is 2.31. The minimum Gasteiger partial charge on any atom is -0.493 e. The molecule has 106 valence electrons. The Morgan fingerprint density at radius 2 is 1.85 bits per heavy atom. The number of aryl methyl sites for hydroxylation is 1. The number of hydrogen-bond acceptors (Lipinski definition) is 6. The van der Waals surface area contributed by atoms with Crippen LogP contribution in [0.5, 0.6) is 11.5 Å². The molecule has 2 heterocycles. The number of anilines is 1. The molecule has 0 amide bonds. The molecule has 2 aromatic rings. The van der Waals surface area contributed by atoms with Crippen molar-refractivity contribution < 1.29 is 9.47 Å². The Hall–Kier alpha value is -1.82. The van der Waals surface area contributed by atoms with E-state index >= 15 is 0 Å². The predicted molar refractivity (Wildman–Crippen MR) is 78.9 cm³/mol. The standard InChI is InChI=1S/C14H17N3O2S/c1-9-15-14(20-16-9)17-5-4-10-6-12(18-2)13(19-3)7-11(10)8-17/h6-7H,4-5,8H2,1-3H3. The lowest BCUT2D eigenvalue weighted by Crippen LogP contribution is -2.30. The van der Waals surface area contributed by atoms with Gasteiger partial charge in [-0.3, -0.25) is 0 Å². The first-order valence-electron chi connectivity index (χ1n) is 6.50. The zero-order valence-electron chi connectivity index (χ0n) is 11.8. The summed E-state index contributed by atoms with van der Waals surface area (Å²) in [5.41, 5.74) is 2.59. The number of ether oxygens (including phenoxy) is 2. The molecule has 20 heavy (non-hydrogen) atoms. The van der Waals surface area contributed by atoms with Crippen LogP contribution in [0.15, 0.2) is 12.1 Å². The Kier molecular flexibility index (Phi) is 3.48. The fourth-order valence-corrected chi connectivity index (χ4v) is 3.16. The number of aromatic nitrogens is 2. The van der Waals surface area contributed by atoms with E-state index in [0.29, 0.717) is 0 Å². The van der Waals surface area contributed by atoms with Gasteiger partial charge in [0.25, 0.3) is 0 Å².